The Bertz CT molecular complexity index is 609. The highest BCUT2D eigenvalue weighted by Gasteiger charge is 2.31. The van der Waals surface area contributed by atoms with Crippen molar-refractivity contribution in [2.45, 2.75) is 25.4 Å². The SMILES string of the molecule is COC(=O)C1CCCN1Cc1coc(-c2ccccc2)n1. The Balaban J connectivity index is 1.71. The fraction of sp³-hybridized carbons (Fsp3) is 0.375. The second kappa shape index (κ2) is 6.10. The summed E-state index contributed by atoms with van der Waals surface area (Å²) in [5, 5.41) is 0. The number of methoxy groups -OCH3 is 1. The molecular formula is C16H18N2O3. The standard InChI is InChI=1S/C16H18N2O3/c1-20-16(19)14-8-5-9-18(14)10-13-11-21-15(17-13)12-6-3-2-4-7-12/h2-4,6-7,11,14H,5,8-10H2,1H3. The molecule has 0 N–H and O–H groups in total. The van der Waals surface area contributed by atoms with E-state index in [0.717, 1.165) is 30.6 Å². The Morgan fingerprint density at radius 2 is 2.24 bits per heavy atom. The van der Waals surface area contributed by atoms with E-state index in [0.29, 0.717) is 12.4 Å². The average molecular weight is 286 g/mol. The number of carbonyl (C=O) groups excluding carboxylic acids is 1. The topological polar surface area (TPSA) is 55.6 Å². The number of likely N-dealkylation sites (tertiary alicyclic amines) is 1. The lowest BCUT2D eigenvalue weighted by Gasteiger charge is -2.20. The van der Waals surface area contributed by atoms with E-state index in [1.165, 1.54) is 7.11 Å². The van der Waals surface area contributed by atoms with Crippen LogP contribution in [0.2, 0.25) is 0 Å². The van der Waals surface area contributed by atoms with E-state index in [1.54, 1.807) is 6.26 Å². The zero-order chi connectivity index (χ0) is 14.7. The molecule has 1 fully saturated rings. The highest BCUT2D eigenvalue weighted by Crippen LogP contribution is 2.23. The van der Waals surface area contributed by atoms with E-state index in [9.17, 15) is 4.79 Å². The maximum absolute atomic E-state index is 11.7. The molecule has 0 aliphatic carbocycles. The molecule has 2 aromatic rings. The van der Waals surface area contributed by atoms with Gasteiger partial charge < -0.3 is 9.15 Å². The molecule has 0 amide bonds. The molecule has 0 saturated carbocycles. The molecule has 1 saturated heterocycles. The molecule has 1 aliphatic rings. The third-order valence-corrected chi connectivity index (χ3v) is 3.77. The van der Waals surface area contributed by atoms with Crippen molar-refractivity contribution < 1.29 is 13.9 Å². The summed E-state index contributed by atoms with van der Waals surface area (Å²) in [7, 11) is 1.43. The molecule has 5 heteroatoms. The van der Waals surface area contributed by atoms with Gasteiger partial charge in [0.25, 0.3) is 0 Å². The largest absolute Gasteiger partial charge is 0.468 e. The normalized spacial score (nSPS) is 18.8. The highest BCUT2D eigenvalue weighted by atomic mass is 16.5. The Hall–Kier alpha value is -2.14. The molecule has 3 rings (SSSR count). The van der Waals surface area contributed by atoms with E-state index in [1.807, 2.05) is 30.3 Å². The van der Waals surface area contributed by atoms with Crippen LogP contribution in [-0.2, 0) is 16.1 Å². The minimum atomic E-state index is -0.167. The van der Waals surface area contributed by atoms with Gasteiger partial charge in [0.2, 0.25) is 5.89 Å². The van der Waals surface area contributed by atoms with Crippen LogP contribution in [0.25, 0.3) is 11.5 Å². The van der Waals surface area contributed by atoms with Crippen LogP contribution in [0.5, 0.6) is 0 Å². The van der Waals surface area contributed by atoms with Crippen molar-refractivity contribution >= 4 is 5.97 Å². The van der Waals surface area contributed by atoms with Crippen LogP contribution < -0.4 is 0 Å². The van der Waals surface area contributed by atoms with E-state index in [2.05, 4.69) is 9.88 Å². The Kier molecular flexibility index (Phi) is 4.01. The minimum absolute atomic E-state index is 0.160. The second-order valence-corrected chi connectivity index (χ2v) is 5.16. The Labute approximate surface area is 123 Å². The lowest BCUT2D eigenvalue weighted by atomic mass is 10.2. The maximum atomic E-state index is 11.7. The van der Waals surface area contributed by atoms with Gasteiger partial charge in [-0.25, -0.2) is 4.98 Å². The lowest BCUT2D eigenvalue weighted by molar-refractivity contribution is -0.146. The Morgan fingerprint density at radius 3 is 3.00 bits per heavy atom. The third kappa shape index (κ3) is 2.97. The number of ether oxygens (including phenoxy) is 1. The summed E-state index contributed by atoms with van der Waals surface area (Å²) in [4.78, 5) is 18.3. The number of nitrogens with zero attached hydrogens (tertiary/aromatic N) is 2. The van der Waals surface area contributed by atoms with Gasteiger partial charge in [-0.1, -0.05) is 18.2 Å². The second-order valence-electron chi connectivity index (χ2n) is 5.16. The van der Waals surface area contributed by atoms with Gasteiger partial charge in [-0.15, -0.1) is 0 Å². The number of hydrogen-bond donors (Lipinski definition) is 0. The number of esters is 1. The van der Waals surface area contributed by atoms with Crippen LogP contribution in [0, 0.1) is 0 Å². The van der Waals surface area contributed by atoms with Gasteiger partial charge in [0.15, 0.2) is 0 Å². The molecule has 1 aromatic heterocycles. The van der Waals surface area contributed by atoms with Crippen molar-refractivity contribution in [3.05, 3.63) is 42.3 Å². The van der Waals surface area contributed by atoms with E-state index in [-0.39, 0.29) is 12.0 Å². The van der Waals surface area contributed by atoms with Crippen LogP contribution in [0.3, 0.4) is 0 Å². The number of benzene rings is 1. The number of hydrogen-bond acceptors (Lipinski definition) is 5. The minimum Gasteiger partial charge on any atom is -0.468 e. The first-order chi connectivity index (χ1) is 10.3. The van der Waals surface area contributed by atoms with Crippen molar-refractivity contribution in [1.29, 1.82) is 0 Å². The zero-order valence-corrected chi connectivity index (χ0v) is 12.0. The van der Waals surface area contributed by atoms with Gasteiger partial charge in [-0.2, -0.15) is 0 Å². The molecule has 1 unspecified atom stereocenters. The Morgan fingerprint density at radius 1 is 1.43 bits per heavy atom. The van der Waals surface area contributed by atoms with E-state index < -0.39 is 0 Å². The predicted octanol–water partition coefficient (Wildman–Crippen LogP) is 2.48. The average Bonchev–Trinajstić information content (AvgIpc) is 3.17. The van der Waals surface area contributed by atoms with Gasteiger partial charge in [0, 0.05) is 12.1 Å². The van der Waals surface area contributed by atoms with Crippen LogP contribution in [-0.4, -0.2) is 35.5 Å². The molecule has 0 spiro atoms. The first-order valence-corrected chi connectivity index (χ1v) is 7.09. The van der Waals surface area contributed by atoms with Gasteiger partial charge in [-0.3, -0.25) is 9.69 Å². The highest BCUT2D eigenvalue weighted by molar-refractivity contribution is 5.75. The monoisotopic (exact) mass is 286 g/mol. The van der Waals surface area contributed by atoms with Crippen molar-refractivity contribution in [3.8, 4) is 11.5 Å². The summed E-state index contributed by atoms with van der Waals surface area (Å²) in [5.41, 5.74) is 1.79. The summed E-state index contributed by atoms with van der Waals surface area (Å²) in [6, 6.07) is 9.62. The van der Waals surface area contributed by atoms with Crippen LogP contribution in [0.1, 0.15) is 18.5 Å². The van der Waals surface area contributed by atoms with Gasteiger partial charge in [0.1, 0.15) is 12.3 Å². The molecule has 2 heterocycles. The van der Waals surface area contributed by atoms with Gasteiger partial charge in [0.05, 0.1) is 12.8 Å². The number of carbonyl (C=O) groups is 1. The number of aromatic nitrogens is 1. The quantitative estimate of drug-likeness (QED) is 0.808. The molecule has 0 radical (unpaired) electrons. The number of rotatable bonds is 4. The molecule has 1 aliphatic heterocycles. The molecule has 5 nitrogen and oxygen atoms in total. The summed E-state index contributed by atoms with van der Waals surface area (Å²) < 4.78 is 10.4. The fourth-order valence-corrected chi connectivity index (χ4v) is 2.72. The molecule has 1 atom stereocenters. The van der Waals surface area contributed by atoms with Crippen molar-refractivity contribution in [2.24, 2.45) is 0 Å². The van der Waals surface area contributed by atoms with Crippen molar-refractivity contribution in [3.63, 3.8) is 0 Å². The maximum Gasteiger partial charge on any atom is 0.323 e. The summed E-state index contributed by atoms with van der Waals surface area (Å²) in [6.07, 6.45) is 3.51. The molecule has 21 heavy (non-hydrogen) atoms. The van der Waals surface area contributed by atoms with Gasteiger partial charge in [-0.05, 0) is 31.5 Å². The summed E-state index contributed by atoms with van der Waals surface area (Å²) >= 11 is 0. The van der Waals surface area contributed by atoms with E-state index in [4.69, 9.17) is 9.15 Å². The van der Waals surface area contributed by atoms with E-state index >= 15 is 0 Å². The lowest BCUT2D eigenvalue weighted by Crippen LogP contribution is -2.36. The molecule has 0 bridgehead atoms. The summed E-state index contributed by atoms with van der Waals surface area (Å²) in [5.74, 6) is 0.443. The molecule has 1 aromatic carbocycles. The van der Waals surface area contributed by atoms with Crippen LogP contribution in [0.4, 0.5) is 0 Å². The van der Waals surface area contributed by atoms with Crippen LogP contribution >= 0.6 is 0 Å². The predicted molar refractivity (Wildman–Crippen MR) is 77.4 cm³/mol. The first kappa shape index (κ1) is 13.8. The van der Waals surface area contributed by atoms with Crippen molar-refractivity contribution in [2.75, 3.05) is 13.7 Å². The molecular weight excluding hydrogens is 268 g/mol. The molecule has 110 valence electrons. The van der Waals surface area contributed by atoms with Gasteiger partial charge >= 0.3 is 5.97 Å². The number of oxazole rings is 1. The zero-order valence-electron chi connectivity index (χ0n) is 12.0. The van der Waals surface area contributed by atoms with Crippen LogP contribution in [0.15, 0.2) is 41.0 Å². The smallest absolute Gasteiger partial charge is 0.323 e. The fourth-order valence-electron chi connectivity index (χ4n) is 2.72. The third-order valence-electron chi connectivity index (χ3n) is 3.77. The first-order valence-electron chi connectivity index (χ1n) is 7.09. The summed E-state index contributed by atoms with van der Waals surface area (Å²) in [6.45, 7) is 1.49. The van der Waals surface area contributed by atoms with Crippen molar-refractivity contribution in [1.82, 2.24) is 9.88 Å².